The van der Waals surface area contributed by atoms with Crippen molar-refractivity contribution in [2.75, 3.05) is 21.1 Å². The average molecular weight is 204 g/mol. The van der Waals surface area contributed by atoms with Crippen molar-refractivity contribution >= 4 is 11.9 Å². The minimum atomic E-state index is 0. The molecule has 1 aromatic rings. The average Bonchev–Trinajstić information content (AvgIpc) is 1.85. The van der Waals surface area contributed by atoms with Crippen LogP contribution in [0.3, 0.4) is 0 Å². The van der Waals surface area contributed by atoms with E-state index in [0.717, 1.165) is 3.89 Å². The summed E-state index contributed by atoms with van der Waals surface area (Å²) in [6, 6.07) is 10.4. The Morgan fingerprint density at radius 3 is 1.92 bits per heavy atom. The van der Waals surface area contributed by atoms with Gasteiger partial charge in [0.05, 0.1) is 26.0 Å². The summed E-state index contributed by atoms with van der Waals surface area (Å²) in [7, 11) is 6.49. The molecular weight excluding hydrogens is 190 g/mol. The first-order valence-electron chi connectivity index (χ1n) is 3.64. The Balaban J connectivity index is 0.00000121. The van der Waals surface area contributed by atoms with Gasteiger partial charge in [0, 0.05) is 0 Å². The highest BCUT2D eigenvalue weighted by atomic mass is 35.5. The molecule has 0 aliphatic rings. The Labute approximate surface area is 84.9 Å². The maximum absolute atomic E-state index is 2.16. The number of rotatable bonds is 2. The number of hydrogen-bond donors (Lipinski definition) is 0. The van der Waals surface area contributed by atoms with Crippen LogP contribution >= 0.6 is 11.9 Å². The lowest BCUT2D eigenvalue weighted by Gasteiger charge is -2.19. The van der Waals surface area contributed by atoms with Crippen LogP contribution in [0.1, 0.15) is 0 Å². The van der Waals surface area contributed by atoms with Crippen LogP contribution in [-0.4, -0.2) is 25.0 Å². The smallest absolute Gasteiger partial charge is 0.111 e. The van der Waals surface area contributed by atoms with Crippen LogP contribution in [0.4, 0.5) is 0 Å². The molecule has 0 fully saturated rings. The lowest BCUT2D eigenvalue weighted by atomic mass is 10.4. The zero-order valence-corrected chi connectivity index (χ0v) is 9.19. The normalized spacial score (nSPS) is 10.6. The number of halogens is 1. The van der Waals surface area contributed by atoms with E-state index in [4.69, 9.17) is 0 Å². The van der Waals surface area contributed by atoms with E-state index in [1.165, 1.54) is 4.90 Å². The molecule has 0 radical (unpaired) electrons. The largest absolute Gasteiger partial charge is 1.00 e. The number of quaternary nitrogens is 1. The van der Waals surface area contributed by atoms with Gasteiger partial charge in [0.15, 0.2) is 0 Å². The van der Waals surface area contributed by atoms with Crippen molar-refractivity contribution < 1.29 is 16.3 Å². The Kier molecular flexibility index (Phi) is 4.68. The van der Waals surface area contributed by atoms with Crippen molar-refractivity contribution in [3.8, 4) is 0 Å². The molecule has 12 heavy (non-hydrogen) atoms. The highest BCUT2D eigenvalue weighted by Crippen LogP contribution is 2.23. The van der Waals surface area contributed by atoms with Gasteiger partial charge in [-0.3, -0.25) is 3.89 Å². The van der Waals surface area contributed by atoms with Crippen molar-refractivity contribution in [1.29, 1.82) is 0 Å². The van der Waals surface area contributed by atoms with E-state index in [-0.39, 0.29) is 12.4 Å². The van der Waals surface area contributed by atoms with Crippen molar-refractivity contribution in [3.63, 3.8) is 0 Å². The minimum absolute atomic E-state index is 0. The second-order valence-corrected chi connectivity index (χ2v) is 5.04. The molecule has 0 aliphatic heterocycles. The predicted molar refractivity (Wildman–Crippen MR) is 50.3 cm³/mol. The minimum Gasteiger partial charge on any atom is -1.00 e. The second-order valence-electron chi connectivity index (χ2n) is 3.29. The molecule has 3 heteroatoms. The Morgan fingerprint density at radius 2 is 1.50 bits per heavy atom. The predicted octanol–water partition coefficient (Wildman–Crippen LogP) is -0.596. The molecule has 0 saturated heterocycles. The maximum Gasteiger partial charge on any atom is 0.111 e. The lowest BCUT2D eigenvalue weighted by molar-refractivity contribution is -0.726. The first-order chi connectivity index (χ1) is 5.08. The van der Waals surface area contributed by atoms with Gasteiger partial charge in [-0.15, -0.1) is 0 Å². The summed E-state index contributed by atoms with van der Waals surface area (Å²) in [6.45, 7) is 0. The molecule has 0 heterocycles. The Bertz CT molecular complexity index is 218. The van der Waals surface area contributed by atoms with Crippen LogP contribution in [0.2, 0.25) is 0 Å². The van der Waals surface area contributed by atoms with E-state index >= 15 is 0 Å². The molecule has 1 nitrogen and oxygen atoms in total. The standard InChI is InChI=1S/C9H14NS.ClH/c1-10(2,3)11-9-7-5-4-6-8-9;/h4-8H,1-3H3;1H/q+1;/p-1. The second kappa shape index (κ2) is 4.75. The van der Waals surface area contributed by atoms with Gasteiger partial charge in [-0.2, -0.15) is 0 Å². The fraction of sp³-hybridized carbons (Fsp3) is 0.333. The van der Waals surface area contributed by atoms with Gasteiger partial charge in [0.25, 0.3) is 0 Å². The Morgan fingerprint density at radius 1 is 1.00 bits per heavy atom. The molecule has 0 aliphatic carbocycles. The first kappa shape index (κ1) is 11.8. The summed E-state index contributed by atoms with van der Waals surface area (Å²) in [5.41, 5.74) is 0. The molecule has 0 aromatic heterocycles. The van der Waals surface area contributed by atoms with Crippen molar-refractivity contribution in [3.05, 3.63) is 30.3 Å². The zero-order valence-electron chi connectivity index (χ0n) is 7.62. The van der Waals surface area contributed by atoms with Crippen LogP contribution in [0.25, 0.3) is 0 Å². The first-order valence-corrected chi connectivity index (χ1v) is 4.41. The topological polar surface area (TPSA) is 0 Å². The molecule has 0 N–H and O–H groups in total. The van der Waals surface area contributed by atoms with Gasteiger partial charge in [-0.25, -0.2) is 0 Å². The van der Waals surface area contributed by atoms with E-state index in [9.17, 15) is 0 Å². The molecular formula is C9H14ClNS. The summed E-state index contributed by atoms with van der Waals surface area (Å²) < 4.78 is 0.907. The van der Waals surface area contributed by atoms with Gasteiger partial charge < -0.3 is 12.4 Å². The quantitative estimate of drug-likeness (QED) is 0.457. The summed E-state index contributed by atoms with van der Waals surface area (Å²) in [5, 5.41) is 0. The number of hydrogen-bond acceptors (Lipinski definition) is 1. The van der Waals surface area contributed by atoms with Crippen molar-refractivity contribution in [1.82, 2.24) is 0 Å². The van der Waals surface area contributed by atoms with Crippen LogP contribution in [0, 0.1) is 0 Å². The molecule has 0 atom stereocenters. The van der Waals surface area contributed by atoms with Crippen LogP contribution in [0.15, 0.2) is 35.2 Å². The third-order valence-electron chi connectivity index (χ3n) is 1.12. The highest BCUT2D eigenvalue weighted by molar-refractivity contribution is 7.93. The SMILES string of the molecule is C[N+](C)(C)Sc1ccccc1.[Cl-]. The third-order valence-corrected chi connectivity index (χ3v) is 2.15. The van der Waals surface area contributed by atoms with Gasteiger partial charge >= 0.3 is 0 Å². The molecule has 0 bridgehead atoms. The molecule has 0 saturated carbocycles. The highest BCUT2D eigenvalue weighted by Gasteiger charge is 2.09. The van der Waals surface area contributed by atoms with E-state index in [2.05, 4.69) is 45.4 Å². The molecule has 0 unspecified atom stereocenters. The summed E-state index contributed by atoms with van der Waals surface area (Å²) in [6.07, 6.45) is 0. The number of benzene rings is 1. The van der Waals surface area contributed by atoms with Crippen molar-refractivity contribution in [2.24, 2.45) is 0 Å². The Hall–Kier alpha value is -0.180. The maximum atomic E-state index is 2.16. The summed E-state index contributed by atoms with van der Waals surface area (Å²) in [4.78, 5) is 1.32. The summed E-state index contributed by atoms with van der Waals surface area (Å²) >= 11 is 1.84. The van der Waals surface area contributed by atoms with Crippen LogP contribution < -0.4 is 12.4 Å². The van der Waals surface area contributed by atoms with Gasteiger partial charge in [0.2, 0.25) is 0 Å². The van der Waals surface area contributed by atoms with Gasteiger partial charge in [-0.1, -0.05) is 18.2 Å². The molecule has 0 amide bonds. The van der Waals surface area contributed by atoms with Crippen LogP contribution in [-0.2, 0) is 0 Å². The van der Waals surface area contributed by atoms with E-state index in [0.29, 0.717) is 0 Å². The third kappa shape index (κ3) is 4.65. The lowest BCUT2D eigenvalue weighted by Crippen LogP contribution is -3.00. The van der Waals surface area contributed by atoms with Gasteiger partial charge in [-0.05, 0) is 12.1 Å². The van der Waals surface area contributed by atoms with E-state index < -0.39 is 0 Å². The molecule has 68 valence electrons. The van der Waals surface area contributed by atoms with Crippen molar-refractivity contribution in [2.45, 2.75) is 4.90 Å². The van der Waals surface area contributed by atoms with Crippen LogP contribution in [0.5, 0.6) is 0 Å². The zero-order chi connectivity index (χ0) is 8.32. The number of nitrogens with zero attached hydrogens (tertiary/aromatic N) is 1. The molecule has 1 rings (SSSR count). The van der Waals surface area contributed by atoms with E-state index in [1.807, 2.05) is 18.0 Å². The van der Waals surface area contributed by atoms with Gasteiger partial charge in [0.1, 0.15) is 11.9 Å². The monoisotopic (exact) mass is 203 g/mol. The fourth-order valence-corrected chi connectivity index (χ4v) is 1.71. The molecule has 1 aromatic carbocycles. The fourth-order valence-electron chi connectivity index (χ4n) is 0.798. The molecule has 0 spiro atoms. The van der Waals surface area contributed by atoms with E-state index in [1.54, 1.807) is 0 Å². The summed E-state index contributed by atoms with van der Waals surface area (Å²) in [5.74, 6) is 0.